The van der Waals surface area contributed by atoms with Gasteiger partial charge in [-0.25, -0.2) is 0 Å². The van der Waals surface area contributed by atoms with Crippen LogP contribution >= 0.6 is 12.4 Å². The number of carbonyl (C=O) groups excluding carboxylic acids is 3. The van der Waals surface area contributed by atoms with Crippen molar-refractivity contribution in [3.8, 4) is 5.75 Å². The Kier molecular flexibility index (Phi) is 9.73. The molecular formula is C27H34ClN3O5. The number of hydrogen-bond donors (Lipinski definition) is 2. The van der Waals surface area contributed by atoms with E-state index in [4.69, 9.17) is 10.5 Å². The molecular weight excluding hydrogens is 482 g/mol. The first-order valence-corrected chi connectivity index (χ1v) is 12.2. The first kappa shape index (κ1) is 27.5. The maximum Gasteiger partial charge on any atom is 0.305 e. The molecule has 2 amide bonds. The lowest BCUT2D eigenvalue weighted by Crippen LogP contribution is -2.45. The number of halogens is 1. The second-order valence-corrected chi connectivity index (χ2v) is 9.25. The van der Waals surface area contributed by atoms with Crippen LogP contribution in [0.3, 0.4) is 0 Å². The van der Waals surface area contributed by atoms with Gasteiger partial charge in [0, 0.05) is 17.5 Å². The molecule has 0 spiro atoms. The van der Waals surface area contributed by atoms with Gasteiger partial charge in [-0.1, -0.05) is 30.3 Å². The van der Waals surface area contributed by atoms with E-state index >= 15 is 0 Å². The first-order valence-electron chi connectivity index (χ1n) is 12.2. The lowest BCUT2D eigenvalue weighted by atomic mass is 9.91. The Hall–Kier alpha value is -3.10. The molecule has 2 aliphatic rings. The number of primary amides is 1. The van der Waals surface area contributed by atoms with E-state index in [0.29, 0.717) is 17.9 Å². The number of hydrogen-bond acceptors (Lipinski definition) is 6. The third-order valence-electron chi connectivity index (χ3n) is 6.91. The molecule has 0 bridgehead atoms. The number of ether oxygens (including phenoxy) is 2. The maximum absolute atomic E-state index is 13.0. The highest BCUT2D eigenvalue weighted by atomic mass is 35.5. The highest BCUT2D eigenvalue weighted by molar-refractivity contribution is 6.01. The monoisotopic (exact) mass is 515 g/mol. The summed E-state index contributed by atoms with van der Waals surface area (Å²) in [5.74, 6) is -0.0504. The van der Waals surface area contributed by atoms with Crippen LogP contribution in [0.4, 0.5) is 0 Å². The van der Waals surface area contributed by atoms with Gasteiger partial charge < -0.3 is 25.4 Å². The van der Waals surface area contributed by atoms with Crippen LogP contribution in [0.25, 0.3) is 0 Å². The highest BCUT2D eigenvalue weighted by Crippen LogP contribution is 2.33. The van der Waals surface area contributed by atoms with Crippen molar-refractivity contribution in [3.63, 3.8) is 0 Å². The molecule has 0 aliphatic carbocycles. The molecule has 194 valence electrons. The molecule has 1 fully saturated rings. The van der Waals surface area contributed by atoms with Crippen LogP contribution in [0.5, 0.6) is 5.75 Å². The molecule has 3 N–H and O–H groups in total. The SMILES string of the molecule is COC(=O)CCC(C(N)=O)N1Cc2c(OCc3ccc(CC4CCNCC4)cc3)cccc2C1=O.Cl. The third kappa shape index (κ3) is 6.56. The van der Waals surface area contributed by atoms with Crippen molar-refractivity contribution in [1.82, 2.24) is 10.2 Å². The summed E-state index contributed by atoms with van der Waals surface area (Å²) in [6.07, 6.45) is 3.66. The lowest BCUT2D eigenvalue weighted by Gasteiger charge is -2.24. The standard InChI is InChI=1S/C27H33N3O5.ClH/c1-34-25(31)10-9-23(26(28)32)30-16-22-21(27(30)33)3-2-4-24(22)35-17-20-7-5-18(6-8-20)15-19-11-13-29-14-12-19;/h2-8,19,23,29H,9-17H2,1H3,(H2,28,32);1H. The smallest absolute Gasteiger partial charge is 0.305 e. The van der Waals surface area contributed by atoms with E-state index in [-0.39, 0.29) is 37.7 Å². The summed E-state index contributed by atoms with van der Waals surface area (Å²) in [6, 6.07) is 12.9. The Bertz CT molecular complexity index is 1070. The molecule has 2 aromatic carbocycles. The van der Waals surface area contributed by atoms with Crippen LogP contribution in [0.2, 0.25) is 0 Å². The van der Waals surface area contributed by atoms with Crippen LogP contribution < -0.4 is 15.8 Å². The third-order valence-corrected chi connectivity index (χ3v) is 6.91. The van der Waals surface area contributed by atoms with Crippen LogP contribution in [-0.4, -0.2) is 48.9 Å². The van der Waals surface area contributed by atoms with Crippen molar-refractivity contribution in [2.45, 2.75) is 51.3 Å². The number of fused-ring (bicyclic) bond motifs is 1. The predicted molar refractivity (Wildman–Crippen MR) is 138 cm³/mol. The van der Waals surface area contributed by atoms with Gasteiger partial charge in [-0.05, 0) is 68.0 Å². The summed E-state index contributed by atoms with van der Waals surface area (Å²) in [5.41, 5.74) is 9.17. The average molecular weight is 516 g/mol. The van der Waals surface area contributed by atoms with E-state index in [2.05, 4.69) is 34.3 Å². The minimum Gasteiger partial charge on any atom is -0.489 e. The zero-order valence-corrected chi connectivity index (χ0v) is 21.4. The number of nitrogens with two attached hydrogens (primary N) is 1. The van der Waals surface area contributed by atoms with Gasteiger partial charge >= 0.3 is 5.97 Å². The summed E-state index contributed by atoms with van der Waals surface area (Å²) in [6.45, 7) is 2.78. The molecule has 1 saturated heterocycles. The van der Waals surface area contributed by atoms with Crippen molar-refractivity contribution in [1.29, 1.82) is 0 Å². The number of amides is 2. The van der Waals surface area contributed by atoms with Gasteiger partial charge in [-0.2, -0.15) is 0 Å². The number of piperidine rings is 1. The van der Waals surface area contributed by atoms with Crippen LogP contribution in [0.1, 0.15) is 52.7 Å². The van der Waals surface area contributed by atoms with E-state index in [1.54, 1.807) is 12.1 Å². The molecule has 2 aliphatic heterocycles. The molecule has 4 rings (SSSR count). The van der Waals surface area contributed by atoms with Crippen LogP contribution in [0, 0.1) is 5.92 Å². The molecule has 1 atom stereocenters. The van der Waals surface area contributed by atoms with Gasteiger partial charge in [0.25, 0.3) is 5.91 Å². The molecule has 2 aromatic rings. The summed E-state index contributed by atoms with van der Waals surface area (Å²) in [4.78, 5) is 38.1. The number of carbonyl (C=O) groups is 3. The molecule has 2 heterocycles. The van der Waals surface area contributed by atoms with Gasteiger partial charge in [0.05, 0.1) is 13.7 Å². The second-order valence-electron chi connectivity index (χ2n) is 9.25. The van der Waals surface area contributed by atoms with Crippen LogP contribution in [0.15, 0.2) is 42.5 Å². The van der Waals surface area contributed by atoms with Gasteiger partial charge in [-0.15, -0.1) is 12.4 Å². The molecule has 8 nitrogen and oxygen atoms in total. The Balaban J connectivity index is 0.00000361. The summed E-state index contributed by atoms with van der Waals surface area (Å²) in [5, 5.41) is 3.41. The summed E-state index contributed by atoms with van der Waals surface area (Å²) >= 11 is 0. The van der Waals surface area contributed by atoms with Crippen molar-refractivity contribution in [2.24, 2.45) is 11.7 Å². The Morgan fingerprint density at radius 2 is 1.81 bits per heavy atom. The second kappa shape index (κ2) is 12.7. The van der Waals surface area contributed by atoms with E-state index in [1.165, 1.54) is 30.4 Å². The molecule has 36 heavy (non-hydrogen) atoms. The minimum atomic E-state index is -0.894. The normalized spacial score (nSPS) is 16.1. The average Bonchev–Trinajstić information content (AvgIpc) is 3.20. The molecule has 9 heteroatoms. The van der Waals surface area contributed by atoms with Gasteiger partial charge in [0.15, 0.2) is 0 Å². The fraction of sp³-hybridized carbons (Fsp3) is 0.444. The maximum atomic E-state index is 13.0. The van der Waals surface area contributed by atoms with Crippen molar-refractivity contribution in [2.75, 3.05) is 20.2 Å². The summed E-state index contributed by atoms with van der Waals surface area (Å²) < 4.78 is 10.8. The van der Waals surface area contributed by atoms with Crippen molar-refractivity contribution in [3.05, 3.63) is 64.7 Å². The van der Waals surface area contributed by atoms with E-state index in [9.17, 15) is 14.4 Å². The Labute approximate surface area is 217 Å². The van der Waals surface area contributed by atoms with Gasteiger partial charge in [-0.3, -0.25) is 14.4 Å². The number of esters is 1. The number of benzene rings is 2. The fourth-order valence-corrected chi connectivity index (χ4v) is 4.87. The Morgan fingerprint density at radius 3 is 2.47 bits per heavy atom. The van der Waals surface area contributed by atoms with Crippen molar-refractivity contribution < 1.29 is 23.9 Å². The van der Waals surface area contributed by atoms with E-state index < -0.39 is 17.9 Å². The topological polar surface area (TPSA) is 111 Å². The Morgan fingerprint density at radius 1 is 1.11 bits per heavy atom. The van der Waals surface area contributed by atoms with Gasteiger partial charge in [0.2, 0.25) is 5.91 Å². The minimum absolute atomic E-state index is 0. The largest absolute Gasteiger partial charge is 0.489 e. The molecule has 0 aromatic heterocycles. The van der Waals surface area contributed by atoms with E-state index in [0.717, 1.165) is 36.6 Å². The summed E-state index contributed by atoms with van der Waals surface area (Å²) in [7, 11) is 1.28. The van der Waals surface area contributed by atoms with Crippen LogP contribution in [-0.2, 0) is 33.9 Å². The zero-order chi connectivity index (χ0) is 24.8. The first-order chi connectivity index (χ1) is 17.0. The number of nitrogens with one attached hydrogen (secondary N) is 1. The quantitative estimate of drug-likeness (QED) is 0.471. The zero-order valence-electron chi connectivity index (χ0n) is 20.5. The highest BCUT2D eigenvalue weighted by Gasteiger charge is 2.37. The molecule has 1 unspecified atom stereocenters. The number of rotatable bonds is 10. The van der Waals surface area contributed by atoms with Gasteiger partial charge in [0.1, 0.15) is 18.4 Å². The lowest BCUT2D eigenvalue weighted by molar-refractivity contribution is -0.141. The number of nitrogens with zero attached hydrogens (tertiary/aromatic N) is 1. The van der Waals surface area contributed by atoms with Crippen molar-refractivity contribution >= 4 is 30.2 Å². The molecule has 0 radical (unpaired) electrons. The predicted octanol–water partition coefficient (Wildman–Crippen LogP) is 2.99. The van der Waals surface area contributed by atoms with E-state index in [1.807, 2.05) is 6.07 Å². The molecule has 0 saturated carbocycles. The fourth-order valence-electron chi connectivity index (χ4n) is 4.87. The number of methoxy groups -OCH3 is 1.